The van der Waals surface area contributed by atoms with Gasteiger partial charge in [-0.1, -0.05) is 24.3 Å². The van der Waals surface area contributed by atoms with Crippen LogP contribution in [0, 0.1) is 11.3 Å². The Morgan fingerprint density at radius 2 is 1.71 bits per heavy atom. The van der Waals surface area contributed by atoms with Crippen LogP contribution in [0.15, 0.2) is 77.9 Å². The van der Waals surface area contributed by atoms with E-state index in [4.69, 9.17) is 11.0 Å². The lowest BCUT2D eigenvalue weighted by atomic mass is 9.99. The number of ether oxygens (including phenoxy) is 1. The minimum Gasteiger partial charge on any atom is -0.435 e. The molecular weight excluding hydrogens is 471 g/mol. The largest absolute Gasteiger partial charge is 0.435 e. The molecule has 2 N–H and O–H groups in total. The van der Waals surface area contributed by atoms with Gasteiger partial charge in [0, 0.05) is 6.42 Å². The Balaban J connectivity index is 2.07. The lowest BCUT2D eigenvalue weighted by molar-refractivity contribution is -0.137. The molecule has 3 rings (SSSR count). The van der Waals surface area contributed by atoms with E-state index in [1.165, 1.54) is 36.4 Å². The van der Waals surface area contributed by atoms with Crippen LogP contribution in [-0.2, 0) is 12.6 Å². The predicted molar refractivity (Wildman–Crippen MR) is 118 cm³/mol. The zero-order valence-corrected chi connectivity index (χ0v) is 17.8. The molecule has 0 atom stereocenters. The number of benzene rings is 3. The highest BCUT2D eigenvalue weighted by atomic mass is 19.4. The monoisotopic (exact) mass is 488 g/mol. The predicted octanol–water partition coefficient (Wildman–Crippen LogP) is 5.71. The van der Waals surface area contributed by atoms with E-state index in [9.17, 15) is 26.7 Å². The summed E-state index contributed by atoms with van der Waals surface area (Å²) >= 11 is 0. The number of hydrazone groups is 1. The summed E-state index contributed by atoms with van der Waals surface area (Å²) < 4.78 is 69.0. The summed E-state index contributed by atoms with van der Waals surface area (Å²) in [6.07, 6.45) is -4.62. The van der Waals surface area contributed by atoms with E-state index in [0.29, 0.717) is 11.1 Å². The van der Waals surface area contributed by atoms with Crippen LogP contribution < -0.4 is 15.5 Å². The van der Waals surface area contributed by atoms with Crippen LogP contribution in [-0.4, -0.2) is 18.4 Å². The molecule has 11 heteroatoms. The maximum atomic E-state index is 13.3. The number of primary amides is 1. The molecule has 0 aliphatic carbocycles. The van der Waals surface area contributed by atoms with Crippen molar-refractivity contribution in [3.63, 3.8) is 0 Å². The van der Waals surface area contributed by atoms with Crippen LogP contribution >= 0.6 is 0 Å². The fourth-order valence-electron chi connectivity index (χ4n) is 3.08. The van der Waals surface area contributed by atoms with Gasteiger partial charge in [-0.25, -0.2) is 4.79 Å². The van der Waals surface area contributed by atoms with Gasteiger partial charge in [-0.05, 0) is 59.7 Å². The number of alkyl halides is 5. The number of urea groups is 1. The lowest BCUT2D eigenvalue weighted by Gasteiger charge is -2.18. The highest BCUT2D eigenvalue weighted by Gasteiger charge is 2.31. The summed E-state index contributed by atoms with van der Waals surface area (Å²) in [5.74, 6) is -0.173. The summed E-state index contributed by atoms with van der Waals surface area (Å²) in [6, 6.07) is 16.4. The molecule has 180 valence electrons. The first kappa shape index (κ1) is 25.2. The van der Waals surface area contributed by atoms with Gasteiger partial charge < -0.3 is 10.5 Å². The number of amides is 2. The smallest absolute Gasteiger partial charge is 0.416 e. The second kappa shape index (κ2) is 10.6. The Morgan fingerprint density at radius 1 is 1.06 bits per heavy atom. The first-order valence-electron chi connectivity index (χ1n) is 9.95. The molecular formula is C24H17F5N4O2. The van der Waals surface area contributed by atoms with Crippen LogP contribution in [0.1, 0.15) is 22.3 Å². The molecule has 35 heavy (non-hydrogen) atoms. The maximum Gasteiger partial charge on any atom is 0.416 e. The van der Waals surface area contributed by atoms with Crippen LogP contribution in [0.3, 0.4) is 0 Å². The molecule has 0 unspecified atom stereocenters. The van der Waals surface area contributed by atoms with Crippen LogP contribution in [0.25, 0.3) is 0 Å². The van der Waals surface area contributed by atoms with Crippen molar-refractivity contribution in [3.8, 4) is 11.8 Å². The summed E-state index contributed by atoms with van der Waals surface area (Å²) in [5, 5.41) is 13.9. The number of hydrogen-bond donors (Lipinski definition) is 1. The Morgan fingerprint density at radius 3 is 2.26 bits per heavy atom. The van der Waals surface area contributed by atoms with E-state index in [1.54, 1.807) is 12.1 Å². The second-order valence-electron chi connectivity index (χ2n) is 7.13. The van der Waals surface area contributed by atoms with Gasteiger partial charge in [-0.3, -0.25) is 0 Å². The number of carbonyl (C=O) groups excluding carboxylic acids is 1. The van der Waals surface area contributed by atoms with E-state index in [2.05, 4.69) is 9.84 Å². The molecule has 0 saturated carbocycles. The molecule has 3 aromatic carbocycles. The number of halogens is 5. The van der Waals surface area contributed by atoms with Crippen molar-refractivity contribution in [3.05, 3.63) is 95.1 Å². The number of carbonyl (C=O) groups is 1. The van der Waals surface area contributed by atoms with Crippen molar-refractivity contribution < 1.29 is 31.5 Å². The number of nitrogens with two attached hydrogens (primary N) is 1. The van der Waals surface area contributed by atoms with Gasteiger partial charge in [0.15, 0.2) is 0 Å². The summed E-state index contributed by atoms with van der Waals surface area (Å²) in [4.78, 5) is 12.2. The molecule has 3 aromatic rings. The van der Waals surface area contributed by atoms with Gasteiger partial charge in [-0.2, -0.15) is 37.3 Å². The normalized spacial score (nSPS) is 11.7. The van der Waals surface area contributed by atoms with Crippen molar-refractivity contribution >= 4 is 17.4 Å². The van der Waals surface area contributed by atoms with Crippen molar-refractivity contribution in [1.82, 2.24) is 0 Å². The van der Waals surface area contributed by atoms with Crippen molar-refractivity contribution in [2.45, 2.75) is 19.2 Å². The molecule has 0 aliphatic heterocycles. The Bertz CT molecular complexity index is 1250. The van der Waals surface area contributed by atoms with Gasteiger partial charge in [0.25, 0.3) is 0 Å². The Labute approximate surface area is 196 Å². The van der Waals surface area contributed by atoms with E-state index in [0.717, 1.165) is 29.3 Å². The molecule has 6 nitrogen and oxygen atoms in total. The van der Waals surface area contributed by atoms with Gasteiger partial charge >= 0.3 is 18.8 Å². The Hall–Kier alpha value is -4.46. The number of nitriles is 1. The topological polar surface area (TPSA) is 91.7 Å². The quantitative estimate of drug-likeness (QED) is 0.262. The molecule has 0 aliphatic rings. The molecule has 2 amide bonds. The third-order valence-electron chi connectivity index (χ3n) is 4.71. The fraction of sp³-hybridized carbons (Fsp3) is 0.125. The summed E-state index contributed by atoms with van der Waals surface area (Å²) in [6.45, 7) is -3.05. The third kappa shape index (κ3) is 6.77. The summed E-state index contributed by atoms with van der Waals surface area (Å²) in [7, 11) is 0. The van der Waals surface area contributed by atoms with E-state index in [-0.39, 0.29) is 29.1 Å². The van der Waals surface area contributed by atoms with Gasteiger partial charge in [-0.15, -0.1) is 0 Å². The van der Waals surface area contributed by atoms with Crippen LogP contribution in [0.5, 0.6) is 5.75 Å². The van der Waals surface area contributed by atoms with E-state index in [1.807, 2.05) is 6.07 Å². The zero-order valence-electron chi connectivity index (χ0n) is 17.8. The van der Waals surface area contributed by atoms with Gasteiger partial charge in [0.2, 0.25) is 0 Å². The van der Waals surface area contributed by atoms with Crippen molar-refractivity contribution in [1.29, 1.82) is 5.26 Å². The molecule has 0 fully saturated rings. The van der Waals surface area contributed by atoms with Crippen LogP contribution in [0.2, 0.25) is 0 Å². The molecule has 0 saturated heterocycles. The van der Waals surface area contributed by atoms with E-state index >= 15 is 0 Å². The van der Waals surface area contributed by atoms with Crippen molar-refractivity contribution in [2.75, 3.05) is 5.01 Å². The average molecular weight is 488 g/mol. The first-order valence-corrected chi connectivity index (χ1v) is 9.95. The number of nitrogens with zero attached hydrogens (tertiary/aromatic N) is 3. The van der Waals surface area contributed by atoms with Crippen molar-refractivity contribution in [2.24, 2.45) is 10.8 Å². The van der Waals surface area contributed by atoms with Crippen LogP contribution in [0.4, 0.5) is 32.4 Å². The standard InChI is InChI=1S/C24H17F5N4O2/c25-22(26)35-20-10-8-19(9-11-20)33(23(31)34)32-21(12-15-4-6-16(14-30)7-5-15)17-2-1-3-18(13-17)24(27,28)29/h1-11,13,22H,12H2,(H2,31,34)/b32-21+. The first-order chi connectivity index (χ1) is 16.6. The zero-order chi connectivity index (χ0) is 25.6. The molecule has 0 aromatic heterocycles. The maximum absolute atomic E-state index is 13.3. The highest BCUT2D eigenvalue weighted by molar-refractivity contribution is 6.04. The SMILES string of the molecule is N#Cc1ccc(C/C(=N\N(C(N)=O)c2ccc(OC(F)F)cc2)c2cccc(C(F)(F)F)c2)cc1. The number of hydrogen-bond acceptors (Lipinski definition) is 4. The number of rotatable bonds is 7. The molecule has 0 spiro atoms. The van der Waals surface area contributed by atoms with Gasteiger partial charge in [0.05, 0.1) is 28.6 Å². The number of anilines is 1. The van der Waals surface area contributed by atoms with Gasteiger partial charge in [0.1, 0.15) is 5.75 Å². The fourth-order valence-corrected chi connectivity index (χ4v) is 3.08. The highest BCUT2D eigenvalue weighted by Crippen LogP contribution is 2.30. The molecule has 0 radical (unpaired) electrons. The Kier molecular flexibility index (Phi) is 7.66. The average Bonchev–Trinajstić information content (AvgIpc) is 2.82. The third-order valence-corrected chi connectivity index (χ3v) is 4.71. The minimum absolute atomic E-state index is 0.0105. The van der Waals surface area contributed by atoms with E-state index < -0.39 is 24.4 Å². The molecule has 0 heterocycles. The summed E-state index contributed by atoms with van der Waals surface area (Å²) in [5.41, 5.74) is 5.74. The molecule has 0 bridgehead atoms. The second-order valence-corrected chi connectivity index (χ2v) is 7.13. The minimum atomic E-state index is -4.61. The lowest BCUT2D eigenvalue weighted by Crippen LogP contribution is -2.32.